The van der Waals surface area contributed by atoms with Crippen LogP contribution in [0.25, 0.3) is 0 Å². The lowest BCUT2D eigenvalue weighted by molar-refractivity contribution is 0.185. The van der Waals surface area contributed by atoms with E-state index in [0.29, 0.717) is 17.4 Å². The highest BCUT2D eigenvalue weighted by Gasteiger charge is 2.21. The average Bonchev–Trinajstić information content (AvgIpc) is 2.22. The summed E-state index contributed by atoms with van der Waals surface area (Å²) in [4.78, 5) is 2.50. The molecule has 0 rings (SSSR count). The summed E-state index contributed by atoms with van der Waals surface area (Å²) < 4.78 is 0. The van der Waals surface area contributed by atoms with Crippen molar-refractivity contribution in [1.82, 2.24) is 4.90 Å². The van der Waals surface area contributed by atoms with Gasteiger partial charge in [-0.05, 0) is 44.0 Å². The Labute approximate surface area is 113 Å². The molecule has 0 aromatic heterocycles. The van der Waals surface area contributed by atoms with Crippen molar-refractivity contribution in [2.45, 2.75) is 46.6 Å². The van der Waals surface area contributed by atoms with Gasteiger partial charge in [0.2, 0.25) is 0 Å². The monoisotopic (exact) mass is 260 g/mol. The van der Waals surface area contributed by atoms with E-state index in [0.717, 1.165) is 13.1 Å². The van der Waals surface area contributed by atoms with Gasteiger partial charge in [0.15, 0.2) is 0 Å². The molecule has 0 aliphatic heterocycles. The van der Waals surface area contributed by atoms with Gasteiger partial charge in [0, 0.05) is 18.3 Å². The molecule has 2 unspecified atom stereocenters. The second-order valence-electron chi connectivity index (χ2n) is 6.32. The first-order valence-corrected chi connectivity index (χ1v) is 8.12. The van der Waals surface area contributed by atoms with Gasteiger partial charge in [-0.15, -0.1) is 0 Å². The lowest BCUT2D eigenvalue weighted by atomic mass is 9.84. The molecule has 0 bridgehead atoms. The maximum Gasteiger partial charge on any atom is 0.0180 e. The largest absolute Gasteiger partial charge is 0.330 e. The fraction of sp³-hybridized carbons (Fsp3) is 1.00. The van der Waals surface area contributed by atoms with Gasteiger partial charge in [-0.2, -0.15) is 11.8 Å². The summed E-state index contributed by atoms with van der Waals surface area (Å²) in [6.07, 6.45) is 4.62. The van der Waals surface area contributed by atoms with E-state index in [1.807, 2.05) is 11.8 Å². The zero-order valence-electron chi connectivity index (χ0n) is 12.6. The Balaban J connectivity index is 4.25. The molecule has 17 heavy (non-hydrogen) atoms. The Morgan fingerprint density at radius 3 is 2.24 bits per heavy atom. The molecule has 0 spiro atoms. The molecule has 0 fully saturated rings. The molecule has 0 saturated carbocycles. The minimum absolute atomic E-state index is 0.381. The van der Waals surface area contributed by atoms with Crippen LogP contribution in [-0.4, -0.2) is 43.1 Å². The van der Waals surface area contributed by atoms with Crippen molar-refractivity contribution in [2.75, 3.05) is 32.1 Å². The number of nitrogens with zero attached hydrogens (tertiary/aromatic N) is 1. The molecule has 0 amide bonds. The van der Waals surface area contributed by atoms with Crippen molar-refractivity contribution >= 4 is 11.8 Å². The molecule has 2 nitrogen and oxygen atoms in total. The van der Waals surface area contributed by atoms with E-state index >= 15 is 0 Å². The molecule has 0 aromatic rings. The van der Waals surface area contributed by atoms with Crippen LogP contribution in [0.4, 0.5) is 0 Å². The maximum absolute atomic E-state index is 5.91. The van der Waals surface area contributed by atoms with Gasteiger partial charge in [0.05, 0.1) is 0 Å². The predicted molar refractivity (Wildman–Crippen MR) is 81.7 cm³/mol. The molecular weight excluding hydrogens is 228 g/mol. The lowest BCUT2D eigenvalue weighted by Gasteiger charge is -2.32. The van der Waals surface area contributed by atoms with E-state index in [-0.39, 0.29) is 0 Å². The van der Waals surface area contributed by atoms with Crippen LogP contribution in [0.1, 0.15) is 40.5 Å². The Morgan fingerprint density at radius 2 is 1.88 bits per heavy atom. The number of hydrogen-bond donors (Lipinski definition) is 1. The fourth-order valence-corrected chi connectivity index (χ4v) is 3.27. The van der Waals surface area contributed by atoms with Gasteiger partial charge in [-0.3, -0.25) is 0 Å². The predicted octanol–water partition coefficient (Wildman–Crippen LogP) is 3.07. The van der Waals surface area contributed by atoms with Crippen molar-refractivity contribution < 1.29 is 0 Å². The molecular formula is C14H32N2S. The van der Waals surface area contributed by atoms with E-state index in [4.69, 9.17) is 5.73 Å². The first-order valence-electron chi connectivity index (χ1n) is 6.73. The van der Waals surface area contributed by atoms with Crippen LogP contribution in [0.2, 0.25) is 0 Å². The summed E-state index contributed by atoms with van der Waals surface area (Å²) in [6.45, 7) is 11.1. The van der Waals surface area contributed by atoms with Crippen LogP contribution >= 0.6 is 11.8 Å². The minimum Gasteiger partial charge on any atom is -0.330 e. The molecule has 2 atom stereocenters. The highest BCUT2D eigenvalue weighted by atomic mass is 32.2. The van der Waals surface area contributed by atoms with Crippen LogP contribution in [0.3, 0.4) is 0 Å². The Kier molecular flexibility index (Phi) is 8.52. The number of rotatable bonds is 8. The molecule has 0 saturated heterocycles. The third-order valence-corrected chi connectivity index (χ3v) is 3.95. The highest BCUT2D eigenvalue weighted by molar-refractivity contribution is 7.98. The van der Waals surface area contributed by atoms with Crippen LogP contribution in [0.15, 0.2) is 0 Å². The molecule has 0 aliphatic rings. The Morgan fingerprint density at radius 1 is 1.29 bits per heavy atom. The first-order chi connectivity index (χ1) is 7.84. The summed E-state index contributed by atoms with van der Waals surface area (Å²) in [7, 11) is 2.25. The van der Waals surface area contributed by atoms with Gasteiger partial charge >= 0.3 is 0 Å². The summed E-state index contributed by atoms with van der Waals surface area (Å²) in [5.41, 5.74) is 6.29. The topological polar surface area (TPSA) is 29.3 Å². The van der Waals surface area contributed by atoms with Crippen molar-refractivity contribution in [3.05, 3.63) is 0 Å². The first kappa shape index (κ1) is 17.3. The lowest BCUT2D eigenvalue weighted by Crippen LogP contribution is -2.39. The van der Waals surface area contributed by atoms with Crippen molar-refractivity contribution in [3.8, 4) is 0 Å². The van der Waals surface area contributed by atoms with E-state index < -0.39 is 0 Å². The average molecular weight is 260 g/mol. The number of hydrogen-bond acceptors (Lipinski definition) is 3. The molecule has 0 aromatic carbocycles. The standard InChI is InChI=1S/C14H32N2S/c1-7-13(11-17-6)16(5)10-12(9-15)8-14(2,3)4/h12-13H,7-11,15H2,1-6H3. The number of nitrogens with two attached hydrogens (primary N) is 1. The van der Waals surface area contributed by atoms with Crippen molar-refractivity contribution in [1.29, 1.82) is 0 Å². The summed E-state index contributed by atoms with van der Waals surface area (Å²) in [5.74, 6) is 1.84. The fourth-order valence-electron chi connectivity index (χ4n) is 2.39. The third-order valence-electron chi connectivity index (χ3n) is 3.23. The zero-order valence-corrected chi connectivity index (χ0v) is 13.4. The van der Waals surface area contributed by atoms with Crippen LogP contribution in [0, 0.1) is 11.3 Å². The number of thioether (sulfide) groups is 1. The Bertz CT molecular complexity index is 189. The normalized spacial score (nSPS) is 16.2. The zero-order chi connectivity index (χ0) is 13.5. The molecule has 104 valence electrons. The van der Waals surface area contributed by atoms with E-state index in [1.54, 1.807) is 0 Å². The second-order valence-corrected chi connectivity index (χ2v) is 7.23. The second kappa shape index (κ2) is 8.39. The molecule has 0 heterocycles. The quantitative estimate of drug-likeness (QED) is 0.727. The van der Waals surface area contributed by atoms with E-state index in [9.17, 15) is 0 Å². The minimum atomic E-state index is 0.381. The van der Waals surface area contributed by atoms with Gasteiger partial charge < -0.3 is 10.6 Å². The van der Waals surface area contributed by atoms with Crippen LogP contribution in [0.5, 0.6) is 0 Å². The summed E-state index contributed by atoms with van der Waals surface area (Å²) in [5, 5.41) is 0. The molecule has 3 heteroatoms. The molecule has 2 N–H and O–H groups in total. The highest BCUT2D eigenvalue weighted by Crippen LogP contribution is 2.25. The van der Waals surface area contributed by atoms with Crippen molar-refractivity contribution in [2.24, 2.45) is 17.1 Å². The molecule has 0 aliphatic carbocycles. The Hall–Kier alpha value is 0.270. The van der Waals surface area contributed by atoms with Gasteiger partial charge in [0.1, 0.15) is 0 Å². The summed E-state index contributed by atoms with van der Waals surface area (Å²) >= 11 is 1.94. The SMILES string of the molecule is CCC(CSC)N(C)CC(CN)CC(C)(C)C. The summed E-state index contributed by atoms with van der Waals surface area (Å²) in [6, 6.07) is 0.694. The van der Waals surface area contributed by atoms with E-state index in [2.05, 4.69) is 45.9 Å². The van der Waals surface area contributed by atoms with Gasteiger partial charge in [0.25, 0.3) is 0 Å². The van der Waals surface area contributed by atoms with E-state index in [1.165, 1.54) is 18.6 Å². The maximum atomic E-state index is 5.91. The van der Waals surface area contributed by atoms with Crippen LogP contribution in [-0.2, 0) is 0 Å². The van der Waals surface area contributed by atoms with Gasteiger partial charge in [-0.1, -0.05) is 27.7 Å². The third kappa shape index (κ3) is 8.06. The van der Waals surface area contributed by atoms with Crippen LogP contribution < -0.4 is 5.73 Å². The van der Waals surface area contributed by atoms with Gasteiger partial charge in [-0.25, -0.2) is 0 Å². The molecule has 0 radical (unpaired) electrons. The smallest absolute Gasteiger partial charge is 0.0180 e. The van der Waals surface area contributed by atoms with Crippen molar-refractivity contribution in [3.63, 3.8) is 0 Å².